The summed E-state index contributed by atoms with van der Waals surface area (Å²) in [6.45, 7) is 2.04. The molecule has 0 bridgehead atoms. The molecule has 2 aliphatic rings. The summed E-state index contributed by atoms with van der Waals surface area (Å²) < 4.78 is 0. The number of rotatable bonds is 2. The van der Waals surface area contributed by atoms with E-state index >= 15 is 0 Å². The number of hydrogen-bond donors (Lipinski definition) is 0. The number of hydrogen-bond acceptors (Lipinski definition) is 3. The molecule has 152 valence electrons. The third-order valence-electron chi connectivity index (χ3n) is 5.48. The molecule has 0 aliphatic carbocycles. The molecule has 0 spiro atoms. The molecule has 0 saturated heterocycles. The summed E-state index contributed by atoms with van der Waals surface area (Å²) in [6.07, 6.45) is 2.05. The van der Waals surface area contributed by atoms with Crippen molar-refractivity contribution in [3.05, 3.63) is 106 Å². The van der Waals surface area contributed by atoms with Crippen molar-refractivity contribution in [3.8, 4) is 0 Å². The van der Waals surface area contributed by atoms with Crippen molar-refractivity contribution < 1.29 is 4.79 Å². The second kappa shape index (κ2) is 7.56. The monoisotopic (exact) mass is 425 g/mol. The molecule has 0 fully saturated rings. The average Bonchev–Trinajstić information content (AvgIpc) is 2.79. The van der Waals surface area contributed by atoms with Gasteiger partial charge < -0.3 is 4.90 Å². The first kappa shape index (κ1) is 19.3. The fraction of sp³-hybridized carbons (Fsp3) is 0.0769. The van der Waals surface area contributed by atoms with Crippen molar-refractivity contribution in [1.82, 2.24) is 9.80 Å². The number of carbonyl (C=O) groups excluding carboxylic acids is 1. The SMILES string of the molecule is Cc1ccc2c(c1)/C(=C\c1ccccc1)N1C(=N2)C(=O)N(C)C(c2ccccc2)=C1Cl. The van der Waals surface area contributed by atoms with Gasteiger partial charge in [-0.2, -0.15) is 0 Å². The van der Waals surface area contributed by atoms with Gasteiger partial charge in [0.1, 0.15) is 5.16 Å². The number of nitrogens with zero attached hydrogens (tertiary/aromatic N) is 3. The van der Waals surface area contributed by atoms with Gasteiger partial charge in [-0.05, 0) is 30.7 Å². The number of aryl methyl sites for hydroxylation is 1. The Hall–Kier alpha value is -3.63. The predicted molar refractivity (Wildman–Crippen MR) is 126 cm³/mol. The lowest BCUT2D eigenvalue weighted by Crippen LogP contribution is -2.47. The minimum absolute atomic E-state index is 0.201. The highest BCUT2D eigenvalue weighted by molar-refractivity contribution is 6.48. The van der Waals surface area contributed by atoms with Crippen LogP contribution in [0.25, 0.3) is 17.5 Å². The van der Waals surface area contributed by atoms with Crippen LogP contribution in [0.1, 0.15) is 22.3 Å². The summed E-state index contributed by atoms with van der Waals surface area (Å²) in [6, 6.07) is 25.8. The van der Waals surface area contributed by atoms with Crippen LogP contribution < -0.4 is 0 Å². The van der Waals surface area contributed by atoms with E-state index in [-0.39, 0.29) is 5.91 Å². The van der Waals surface area contributed by atoms with Crippen molar-refractivity contribution in [2.45, 2.75) is 6.92 Å². The van der Waals surface area contributed by atoms with Gasteiger partial charge in [-0.25, -0.2) is 4.99 Å². The smallest absolute Gasteiger partial charge is 0.294 e. The van der Waals surface area contributed by atoms with Crippen LogP contribution in [0.2, 0.25) is 0 Å². The topological polar surface area (TPSA) is 35.9 Å². The molecule has 3 aromatic rings. The van der Waals surface area contributed by atoms with Crippen LogP contribution in [0.5, 0.6) is 0 Å². The van der Waals surface area contributed by atoms with E-state index in [1.54, 1.807) is 16.8 Å². The quantitative estimate of drug-likeness (QED) is 0.481. The number of amides is 1. The highest BCUT2D eigenvalue weighted by atomic mass is 35.5. The van der Waals surface area contributed by atoms with Crippen molar-refractivity contribution >= 4 is 46.5 Å². The van der Waals surface area contributed by atoms with E-state index < -0.39 is 0 Å². The molecule has 0 N–H and O–H groups in total. The minimum atomic E-state index is -0.201. The molecule has 2 heterocycles. The third kappa shape index (κ3) is 3.25. The van der Waals surface area contributed by atoms with Crippen LogP contribution in [0, 0.1) is 6.92 Å². The van der Waals surface area contributed by atoms with Crippen LogP contribution in [0.15, 0.2) is 89.0 Å². The molecule has 4 nitrogen and oxygen atoms in total. The van der Waals surface area contributed by atoms with Gasteiger partial charge in [0.05, 0.1) is 17.1 Å². The van der Waals surface area contributed by atoms with Gasteiger partial charge in [0.15, 0.2) is 0 Å². The number of benzene rings is 3. The molecule has 0 atom stereocenters. The van der Waals surface area contributed by atoms with E-state index in [1.165, 1.54) is 0 Å². The third-order valence-corrected chi connectivity index (χ3v) is 5.83. The molecule has 0 radical (unpaired) electrons. The first-order valence-electron chi connectivity index (χ1n) is 10.0. The zero-order valence-corrected chi connectivity index (χ0v) is 18.0. The number of likely N-dealkylation sites (N-methyl/N-ethyl adjacent to an activating group) is 1. The Kier molecular flexibility index (Phi) is 4.72. The van der Waals surface area contributed by atoms with E-state index in [1.807, 2.05) is 79.7 Å². The summed E-state index contributed by atoms with van der Waals surface area (Å²) in [5.74, 6) is 0.0964. The second-order valence-electron chi connectivity index (χ2n) is 7.60. The Morgan fingerprint density at radius 3 is 2.32 bits per heavy atom. The molecule has 5 heteroatoms. The normalized spacial score (nSPS) is 16.9. The lowest BCUT2D eigenvalue weighted by Gasteiger charge is -2.39. The van der Waals surface area contributed by atoms with Crippen LogP contribution >= 0.6 is 11.6 Å². The van der Waals surface area contributed by atoms with Crippen molar-refractivity contribution in [2.75, 3.05) is 7.05 Å². The Morgan fingerprint density at radius 1 is 0.935 bits per heavy atom. The van der Waals surface area contributed by atoms with Crippen molar-refractivity contribution in [1.29, 1.82) is 0 Å². The molecule has 0 unspecified atom stereocenters. The zero-order chi connectivity index (χ0) is 21.5. The summed E-state index contributed by atoms with van der Waals surface area (Å²) >= 11 is 7.01. The Labute approximate surface area is 186 Å². The zero-order valence-electron chi connectivity index (χ0n) is 17.2. The maximum Gasteiger partial charge on any atom is 0.294 e. The maximum absolute atomic E-state index is 13.4. The number of fused-ring (bicyclic) bond motifs is 2. The van der Waals surface area contributed by atoms with Crippen LogP contribution in [0.4, 0.5) is 5.69 Å². The summed E-state index contributed by atoms with van der Waals surface area (Å²) in [5.41, 5.74) is 6.18. The van der Waals surface area contributed by atoms with Gasteiger partial charge >= 0.3 is 0 Å². The first-order valence-corrected chi connectivity index (χ1v) is 10.4. The van der Waals surface area contributed by atoms with Gasteiger partial charge in [0, 0.05) is 18.2 Å². The standard InChI is InChI=1S/C26H20ClN3O/c1-17-13-14-21-20(15-17)22(16-18-9-5-3-6-10-18)30-24(27)23(19-11-7-4-8-12-19)29(2)26(31)25(30)28-21/h3-16H,1-2H3/b22-16+. The van der Waals surface area contributed by atoms with Gasteiger partial charge in [0.2, 0.25) is 5.84 Å². The summed E-state index contributed by atoms with van der Waals surface area (Å²) in [7, 11) is 1.73. The number of amidine groups is 1. The van der Waals surface area contributed by atoms with E-state index in [2.05, 4.69) is 12.1 Å². The highest BCUT2D eigenvalue weighted by Crippen LogP contribution is 2.43. The lowest BCUT2D eigenvalue weighted by molar-refractivity contribution is -0.121. The molecule has 0 aromatic heterocycles. The minimum Gasteiger partial charge on any atom is -0.305 e. The van der Waals surface area contributed by atoms with Crippen molar-refractivity contribution in [2.24, 2.45) is 4.99 Å². The molecule has 1 amide bonds. The number of halogens is 1. The number of carbonyl (C=O) groups is 1. The molecular weight excluding hydrogens is 406 g/mol. The van der Waals surface area contributed by atoms with Gasteiger partial charge in [0.25, 0.3) is 5.91 Å². The van der Waals surface area contributed by atoms with Crippen LogP contribution in [-0.2, 0) is 4.79 Å². The van der Waals surface area contributed by atoms with Gasteiger partial charge in [-0.15, -0.1) is 0 Å². The fourth-order valence-electron chi connectivity index (χ4n) is 3.95. The lowest BCUT2D eigenvalue weighted by atomic mass is 9.99. The average molecular weight is 426 g/mol. The van der Waals surface area contributed by atoms with Crippen LogP contribution in [-0.4, -0.2) is 28.6 Å². The Bertz CT molecular complexity index is 1280. The molecule has 31 heavy (non-hydrogen) atoms. The largest absolute Gasteiger partial charge is 0.305 e. The van der Waals surface area contributed by atoms with E-state index in [4.69, 9.17) is 16.6 Å². The predicted octanol–water partition coefficient (Wildman–Crippen LogP) is 5.88. The van der Waals surface area contributed by atoms with E-state index in [9.17, 15) is 4.79 Å². The molecule has 5 rings (SSSR count). The maximum atomic E-state index is 13.4. The highest BCUT2D eigenvalue weighted by Gasteiger charge is 2.40. The Balaban J connectivity index is 1.80. The van der Waals surface area contributed by atoms with E-state index in [0.717, 1.165) is 33.6 Å². The van der Waals surface area contributed by atoms with E-state index in [0.29, 0.717) is 16.7 Å². The fourth-order valence-corrected chi connectivity index (χ4v) is 4.35. The summed E-state index contributed by atoms with van der Waals surface area (Å²) in [4.78, 5) is 21.5. The van der Waals surface area contributed by atoms with Gasteiger partial charge in [-0.3, -0.25) is 9.69 Å². The number of aliphatic imine (C=N–C) groups is 1. The van der Waals surface area contributed by atoms with Crippen molar-refractivity contribution in [3.63, 3.8) is 0 Å². The second-order valence-corrected chi connectivity index (χ2v) is 7.96. The molecule has 2 aliphatic heterocycles. The summed E-state index contributed by atoms with van der Waals surface area (Å²) in [5, 5.41) is 0.446. The molecular formula is C26H20ClN3O. The van der Waals surface area contributed by atoms with Crippen LogP contribution in [0.3, 0.4) is 0 Å². The first-order chi connectivity index (χ1) is 15.0. The van der Waals surface area contributed by atoms with Gasteiger partial charge in [-0.1, -0.05) is 83.9 Å². The molecule has 0 saturated carbocycles. The molecule has 3 aromatic carbocycles. The Morgan fingerprint density at radius 2 is 1.61 bits per heavy atom.